The first-order chi connectivity index (χ1) is 26.2. The lowest BCUT2D eigenvalue weighted by Crippen LogP contribution is -1.93. The summed E-state index contributed by atoms with van der Waals surface area (Å²) in [4.78, 5) is 10.1. The molecule has 3 nitrogen and oxygen atoms in total. The van der Waals surface area contributed by atoms with Gasteiger partial charge in [-0.1, -0.05) is 152 Å². The number of fused-ring (bicyclic) bond motifs is 10. The number of hydrogen-bond donors (Lipinski definition) is 0. The minimum Gasteiger partial charge on any atom is -0.452 e. The van der Waals surface area contributed by atoms with Crippen LogP contribution < -0.4 is 0 Å². The zero-order valence-electron chi connectivity index (χ0n) is 28.6. The molecule has 11 aromatic rings. The van der Waals surface area contributed by atoms with E-state index in [1.807, 2.05) is 48.5 Å². The van der Waals surface area contributed by atoms with Gasteiger partial charge in [0.15, 0.2) is 11.4 Å². The second-order valence-electron chi connectivity index (χ2n) is 13.7. The van der Waals surface area contributed by atoms with Crippen LogP contribution in [-0.2, 0) is 0 Å². The van der Waals surface area contributed by atoms with Crippen LogP contribution in [0.1, 0.15) is 0 Å². The van der Waals surface area contributed by atoms with E-state index >= 15 is 0 Å². The van der Waals surface area contributed by atoms with Crippen molar-refractivity contribution >= 4 is 65.2 Å². The van der Waals surface area contributed by atoms with Crippen molar-refractivity contribution in [3.05, 3.63) is 182 Å². The van der Waals surface area contributed by atoms with Crippen molar-refractivity contribution in [3.8, 4) is 44.9 Å². The van der Waals surface area contributed by atoms with Gasteiger partial charge in [0, 0.05) is 16.5 Å². The third-order valence-electron chi connectivity index (χ3n) is 10.6. The molecule has 0 N–H and O–H groups in total. The molecule has 0 bridgehead atoms. The van der Waals surface area contributed by atoms with Crippen LogP contribution in [0.3, 0.4) is 0 Å². The van der Waals surface area contributed by atoms with Crippen LogP contribution >= 0.6 is 0 Å². The quantitative estimate of drug-likeness (QED) is 0.174. The topological polar surface area (TPSA) is 38.9 Å². The van der Waals surface area contributed by atoms with E-state index in [9.17, 15) is 0 Å². The van der Waals surface area contributed by atoms with Crippen LogP contribution in [0.2, 0.25) is 0 Å². The van der Waals surface area contributed by atoms with Gasteiger partial charge in [0.1, 0.15) is 16.8 Å². The summed E-state index contributed by atoms with van der Waals surface area (Å²) < 4.78 is 6.60. The monoisotopic (exact) mass is 674 g/mol. The molecule has 0 aliphatic carbocycles. The summed E-state index contributed by atoms with van der Waals surface area (Å²) in [6, 6.07) is 64.7. The third kappa shape index (κ3) is 4.82. The van der Waals surface area contributed by atoms with Crippen molar-refractivity contribution in [3.63, 3.8) is 0 Å². The number of furan rings is 1. The Balaban J connectivity index is 0.993. The molecule has 9 aromatic carbocycles. The molecule has 0 amide bonds. The van der Waals surface area contributed by atoms with E-state index in [2.05, 4.69) is 133 Å². The van der Waals surface area contributed by atoms with Gasteiger partial charge >= 0.3 is 0 Å². The molecule has 0 saturated carbocycles. The lowest BCUT2D eigenvalue weighted by molar-refractivity contribution is 0.667. The van der Waals surface area contributed by atoms with E-state index in [4.69, 9.17) is 14.4 Å². The number of aromatic nitrogens is 2. The Morgan fingerprint density at radius 1 is 0.321 bits per heavy atom. The average Bonchev–Trinajstić information content (AvgIpc) is 3.61. The number of hydrogen-bond acceptors (Lipinski definition) is 3. The second kappa shape index (κ2) is 11.7. The van der Waals surface area contributed by atoms with Crippen LogP contribution in [0, 0.1) is 0 Å². The van der Waals surface area contributed by atoms with E-state index < -0.39 is 0 Å². The van der Waals surface area contributed by atoms with Crippen molar-refractivity contribution < 1.29 is 4.42 Å². The van der Waals surface area contributed by atoms with E-state index in [1.54, 1.807) is 0 Å². The summed E-state index contributed by atoms with van der Waals surface area (Å²) in [5, 5.41) is 11.1. The van der Waals surface area contributed by atoms with Crippen LogP contribution in [0.25, 0.3) is 110 Å². The summed E-state index contributed by atoms with van der Waals surface area (Å²) >= 11 is 0. The maximum atomic E-state index is 6.60. The van der Waals surface area contributed by atoms with Gasteiger partial charge in [-0.2, -0.15) is 0 Å². The molecule has 0 unspecified atom stereocenters. The second-order valence-corrected chi connectivity index (χ2v) is 13.7. The standard InChI is InChI=1S/C50H30N2O/c1-3-11-31(12-4-1)47-49-48(52-50(51-47)32-13-5-2-6-14-32)44-26-24-38(30-46(44)53-49)36-22-20-33-27-35(21-19-34(33)28-36)37-23-25-43-41-17-8-7-15-39(41)40-16-9-10-18-42(40)45(43)29-37/h1-30H. The Hall–Kier alpha value is -7.10. The van der Waals surface area contributed by atoms with Crippen molar-refractivity contribution in [2.75, 3.05) is 0 Å². The molecule has 0 saturated heterocycles. The molecule has 3 heteroatoms. The van der Waals surface area contributed by atoms with Gasteiger partial charge in [-0.3, -0.25) is 0 Å². The zero-order valence-corrected chi connectivity index (χ0v) is 28.6. The van der Waals surface area contributed by atoms with Crippen molar-refractivity contribution in [2.45, 2.75) is 0 Å². The highest BCUT2D eigenvalue weighted by molar-refractivity contribution is 6.25. The Morgan fingerprint density at radius 2 is 0.792 bits per heavy atom. The van der Waals surface area contributed by atoms with Crippen molar-refractivity contribution in [1.82, 2.24) is 9.97 Å². The Bertz CT molecular complexity index is 3180. The van der Waals surface area contributed by atoms with Gasteiger partial charge in [0.25, 0.3) is 0 Å². The van der Waals surface area contributed by atoms with Gasteiger partial charge in [0.2, 0.25) is 0 Å². The fourth-order valence-corrected chi connectivity index (χ4v) is 8.02. The molecule has 2 heterocycles. The Labute approximate surface area is 305 Å². The van der Waals surface area contributed by atoms with Crippen molar-refractivity contribution in [1.29, 1.82) is 0 Å². The minimum atomic E-state index is 0.683. The molecule has 11 rings (SSSR count). The average molecular weight is 675 g/mol. The Morgan fingerprint density at radius 3 is 1.42 bits per heavy atom. The molecule has 0 atom stereocenters. The Kier molecular flexibility index (Phi) is 6.55. The highest BCUT2D eigenvalue weighted by atomic mass is 16.3. The highest BCUT2D eigenvalue weighted by Crippen LogP contribution is 2.40. The highest BCUT2D eigenvalue weighted by Gasteiger charge is 2.19. The van der Waals surface area contributed by atoms with Crippen LogP contribution in [-0.4, -0.2) is 9.97 Å². The summed E-state index contributed by atoms with van der Waals surface area (Å²) in [7, 11) is 0. The van der Waals surface area contributed by atoms with Crippen molar-refractivity contribution in [2.24, 2.45) is 0 Å². The first-order valence-corrected chi connectivity index (χ1v) is 18.0. The molecule has 53 heavy (non-hydrogen) atoms. The maximum absolute atomic E-state index is 6.60. The van der Waals surface area contributed by atoms with Crippen LogP contribution in [0.5, 0.6) is 0 Å². The molecule has 0 radical (unpaired) electrons. The smallest absolute Gasteiger partial charge is 0.180 e. The fraction of sp³-hybridized carbons (Fsp3) is 0. The van der Waals surface area contributed by atoms with Gasteiger partial charge in [-0.25, -0.2) is 9.97 Å². The summed E-state index contributed by atoms with van der Waals surface area (Å²) in [6.45, 7) is 0. The largest absolute Gasteiger partial charge is 0.452 e. The lowest BCUT2D eigenvalue weighted by Gasteiger charge is -2.12. The van der Waals surface area contributed by atoms with Gasteiger partial charge in [0.05, 0.1) is 0 Å². The molecule has 0 aliphatic rings. The predicted molar refractivity (Wildman–Crippen MR) is 221 cm³/mol. The fourth-order valence-electron chi connectivity index (χ4n) is 8.02. The molecule has 0 spiro atoms. The molecule has 246 valence electrons. The summed E-state index contributed by atoms with van der Waals surface area (Å²) in [5.74, 6) is 0.683. The van der Waals surface area contributed by atoms with E-state index in [1.165, 1.54) is 54.2 Å². The zero-order chi connectivity index (χ0) is 34.9. The molecule has 2 aromatic heterocycles. The summed E-state index contributed by atoms with van der Waals surface area (Å²) in [5.41, 5.74) is 9.72. The van der Waals surface area contributed by atoms with Gasteiger partial charge < -0.3 is 4.42 Å². The lowest BCUT2D eigenvalue weighted by atomic mass is 9.91. The first kappa shape index (κ1) is 29.6. The normalized spacial score (nSPS) is 11.8. The summed E-state index contributed by atoms with van der Waals surface area (Å²) in [6.07, 6.45) is 0. The number of benzene rings is 9. The predicted octanol–water partition coefficient (Wildman–Crippen LogP) is 13.7. The molecular weight excluding hydrogens is 645 g/mol. The van der Waals surface area contributed by atoms with Crippen LogP contribution in [0.15, 0.2) is 186 Å². The van der Waals surface area contributed by atoms with E-state index in [-0.39, 0.29) is 0 Å². The SMILES string of the molecule is c1ccc(-c2nc(-c3ccccc3)c3oc4cc(-c5ccc6cc(-c7ccc8c9ccccc9c9ccccc9c8c7)ccc6c5)ccc4c3n2)cc1. The first-order valence-electron chi connectivity index (χ1n) is 18.0. The van der Waals surface area contributed by atoms with Gasteiger partial charge in [-0.05, 0) is 95.7 Å². The maximum Gasteiger partial charge on any atom is 0.180 e. The molecular formula is C50H30N2O. The molecule has 0 fully saturated rings. The number of nitrogens with zero attached hydrogens (tertiary/aromatic N) is 2. The molecule has 0 aliphatic heterocycles. The van der Waals surface area contributed by atoms with E-state index in [0.29, 0.717) is 11.4 Å². The number of rotatable bonds is 4. The minimum absolute atomic E-state index is 0.683. The van der Waals surface area contributed by atoms with E-state index in [0.717, 1.165) is 44.4 Å². The third-order valence-corrected chi connectivity index (χ3v) is 10.6. The van der Waals surface area contributed by atoms with Crippen LogP contribution in [0.4, 0.5) is 0 Å². The van der Waals surface area contributed by atoms with Gasteiger partial charge in [-0.15, -0.1) is 0 Å².